The Balaban J connectivity index is 2.26. The monoisotopic (exact) mass is 274 g/mol. The van der Waals surface area contributed by atoms with Crippen LogP contribution >= 0.6 is 11.3 Å². The second kappa shape index (κ2) is 4.90. The predicted octanol–water partition coefficient (Wildman–Crippen LogP) is -1.56. The molecular weight excluding hydrogens is 260 g/mol. The molecule has 0 saturated carbocycles. The van der Waals surface area contributed by atoms with Gasteiger partial charge in [-0.15, -0.1) is 11.3 Å². The number of ether oxygens (including phenoxy) is 1. The van der Waals surface area contributed by atoms with Gasteiger partial charge in [-0.05, 0) is 0 Å². The Bertz CT molecular complexity index is 451. The van der Waals surface area contributed by atoms with E-state index in [0.717, 1.165) is 11.3 Å². The first-order valence-corrected chi connectivity index (χ1v) is 6.22. The first-order valence-electron chi connectivity index (χ1n) is 5.34. The molecule has 1 saturated heterocycles. The van der Waals surface area contributed by atoms with Gasteiger partial charge in [0, 0.05) is 12.4 Å². The summed E-state index contributed by atoms with van der Waals surface area (Å²) in [6.07, 6.45) is -2.12. The van der Waals surface area contributed by atoms with Crippen molar-refractivity contribution in [3.8, 4) is 0 Å². The van der Waals surface area contributed by atoms with E-state index in [1.807, 2.05) is 0 Å². The average Bonchev–Trinajstić information content (AvgIpc) is 2.96. The minimum absolute atomic E-state index is 0.167. The van der Waals surface area contributed by atoms with Gasteiger partial charge >= 0.3 is 0 Å². The molecule has 2 heterocycles. The first-order chi connectivity index (χ1) is 8.52. The van der Waals surface area contributed by atoms with Crippen molar-refractivity contribution in [2.45, 2.75) is 17.8 Å². The van der Waals surface area contributed by atoms with E-state index in [2.05, 4.69) is 10.3 Å². The maximum atomic E-state index is 11.4. The summed E-state index contributed by atoms with van der Waals surface area (Å²) in [6, 6.07) is 0. The van der Waals surface area contributed by atoms with Gasteiger partial charge in [-0.2, -0.15) is 0 Å². The minimum atomic E-state index is -1.68. The van der Waals surface area contributed by atoms with Crippen LogP contribution in [0.2, 0.25) is 0 Å². The molecule has 0 radical (unpaired) electrons. The van der Waals surface area contributed by atoms with Crippen molar-refractivity contribution in [3.05, 3.63) is 16.1 Å². The van der Waals surface area contributed by atoms with Crippen LogP contribution in [0.1, 0.15) is 15.5 Å². The molecule has 7 nitrogen and oxygen atoms in total. The van der Waals surface area contributed by atoms with Crippen LogP contribution in [-0.2, 0) is 10.3 Å². The molecule has 0 spiro atoms. The molecule has 1 fully saturated rings. The van der Waals surface area contributed by atoms with E-state index < -0.39 is 24.4 Å². The number of hydrogen-bond donors (Lipinski definition) is 4. The second-order valence-corrected chi connectivity index (χ2v) is 4.88. The van der Waals surface area contributed by atoms with Gasteiger partial charge in [0.05, 0.1) is 13.2 Å². The fourth-order valence-corrected chi connectivity index (χ4v) is 2.68. The van der Waals surface area contributed by atoms with Crippen molar-refractivity contribution >= 4 is 17.2 Å². The molecule has 0 aromatic carbocycles. The SMILES string of the molecule is CNC(=O)c1csc([C@@]2(O)CO[C@@H](CO)[C@H]2O)n1. The van der Waals surface area contributed by atoms with E-state index >= 15 is 0 Å². The third kappa shape index (κ3) is 2.02. The van der Waals surface area contributed by atoms with E-state index in [-0.39, 0.29) is 23.2 Å². The zero-order valence-corrected chi connectivity index (χ0v) is 10.5. The van der Waals surface area contributed by atoms with Crippen LogP contribution in [-0.4, -0.2) is 58.7 Å². The maximum absolute atomic E-state index is 11.4. The van der Waals surface area contributed by atoms with Crippen LogP contribution in [0.15, 0.2) is 5.38 Å². The first kappa shape index (κ1) is 13.4. The van der Waals surface area contributed by atoms with E-state index in [0.29, 0.717) is 0 Å². The Labute approximate surface area is 107 Å². The number of thiazole rings is 1. The van der Waals surface area contributed by atoms with E-state index in [9.17, 15) is 15.0 Å². The number of nitrogens with zero attached hydrogens (tertiary/aromatic N) is 1. The van der Waals surface area contributed by atoms with Gasteiger partial charge in [-0.25, -0.2) is 4.98 Å². The molecule has 1 aromatic rings. The summed E-state index contributed by atoms with van der Waals surface area (Å²) in [7, 11) is 1.48. The van der Waals surface area contributed by atoms with Crippen molar-refractivity contribution in [1.82, 2.24) is 10.3 Å². The number of nitrogens with one attached hydrogen (secondary N) is 1. The lowest BCUT2D eigenvalue weighted by molar-refractivity contribution is -0.0597. The Morgan fingerprint density at radius 3 is 3.06 bits per heavy atom. The highest BCUT2D eigenvalue weighted by atomic mass is 32.1. The molecule has 1 amide bonds. The molecule has 18 heavy (non-hydrogen) atoms. The summed E-state index contributed by atoms with van der Waals surface area (Å²) in [5, 5.41) is 33.3. The third-order valence-electron chi connectivity index (χ3n) is 2.87. The number of carbonyl (C=O) groups excluding carboxylic acids is 1. The number of aromatic nitrogens is 1. The summed E-state index contributed by atoms with van der Waals surface area (Å²) in [6.45, 7) is -0.558. The molecular formula is C10H14N2O5S. The zero-order chi connectivity index (χ0) is 13.3. The summed E-state index contributed by atoms with van der Waals surface area (Å²) < 4.78 is 5.10. The summed E-state index contributed by atoms with van der Waals surface area (Å²) in [5.74, 6) is -0.367. The van der Waals surface area contributed by atoms with E-state index in [1.54, 1.807) is 0 Å². The number of aliphatic hydroxyl groups excluding tert-OH is 2. The van der Waals surface area contributed by atoms with Crippen LogP contribution < -0.4 is 5.32 Å². The van der Waals surface area contributed by atoms with E-state index in [1.165, 1.54) is 12.4 Å². The fraction of sp³-hybridized carbons (Fsp3) is 0.600. The second-order valence-electron chi connectivity index (χ2n) is 4.02. The van der Waals surface area contributed by atoms with Crippen molar-refractivity contribution in [2.75, 3.05) is 20.3 Å². The zero-order valence-electron chi connectivity index (χ0n) is 9.66. The van der Waals surface area contributed by atoms with Crippen molar-refractivity contribution in [1.29, 1.82) is 0 Å². The Morgan fingerprint density at radius 2 is 2.50 bits per heavy atom. The number of rotatable bonds is 3. The molecule has 8 heteroatoms. The smallest absolute Gasteiger partial charge is 0.270 e. The number of amides is 1. The lowest BCUT2D eigenvalue weighted by atomic mass is 9.97. The molecule has 0 aliphatic carbocycles. The highest BCUT2D eigenvalue weighted by Gasteiger charge is 2.51. The Hall–Kier alpha value is -1.06. The Kier molecular flexibility index (Phi) is 3.64. The largest absolute Gasteiger partial charge is 0.394 e. The van der Waals surface area contributed by atoms with Crippen LogP contribution in [0.5, 0.6) is 0 Å². The number of aliphatic hydroxyl groups is 3. The molecule has 4 N–H and O–H groups in total. The van der Waals surface area contributed by atoms with Gasteiger partial charge in [-0.1, -0.05) is 0 Å². The summed E-state index contributed by atoms with van der Waals surface area (Å²) in [5.41, 5.74) is -1.50. The molecule has 0 bridgehead atoms. The molecule has 1 aliphatic heterocycles. The highest BCUT2D eigenvalue weighted by Crippen LogP contribution is 2.35. The van der Waals surface area contributed by atoms with Gasteiger partial charge in [0.1, 0.15) is 22.9 Å². The Morgan fingerprint density at radius 1 is 1.78 bits per heavy atom. The van der Waals surface area contributed by atoms with Gasteiger partial charge < -0.3 is 25.4 Å². The van der Waals surface area contributed by atoms with Crippen molar-refractivity contribution in [2.24, 2.45) is 0 Å². The quantitative estimate of drug-likeness (QED) is 0.530. The summed E-state index contributed by atoms with van der Waals surface area (Å²) in [4.78, 5) is 15.4. The van der Waals surface area contributed by atoms with Crippen molar-refractivity contribution < 1.29 is 24.9 Å². The van der Waals surface area contributed by atoms with Crippen LogP contribution in [0, 0.1) is 0 Å². The molecule has 0 unspecified atom stereocenters. The van der Waals surface area contributed by atoms with Crippen LogP contribution in [0.25, 0.3) is 0 Å². The molecule has 1 aliphatic rings. The number of hydrogen-bond acceptors (Lipinski definition) is 7. The fourth-order valence-electron chi connectivity index (χ4n) is 1.76. The van der Waals surface area contributed by atoms with Gasteiger partial charge in [0.15, 0.2) is 5.60 Å². The lowest BCUT2D eigenvalue weighted by Crippen LogP contribution is -2.42. The number of carbonyl (C=O) groups is 1. The maximum Gasteiger partial charge on any atom is 0.270 e. The molecule has 100 valence electrons. The summed E-state index contributed by atoms with van der Waals surface area (Å²) >= 11 is 1.06. The standard InChI is InChI=1S/C10H14N2O5S/c1-11-8(15)5-3-18-9(12-5)10(16)4-17-6(2-13)7(10)14/h3,6-7,13-14,16H,2,4H2,1H3,(H,11,15)/t6-,7+,10+/m0/s1. The van der Waals surface area contributed by atoms with E-state index in [4.69, 9.17) is 9.84 Å². The predicted molar refractivity (Wildman–Crippen MR) is 62.2 cm³/mol. The molecule has 2 rings (SSSR count). The van der Waals surface area contributed by atoms with Crippen LogP contribution in [0.4, 0.5) is 0 Å². The average molecular weight is 274 g/mol. The molecule has 1 aromatic heterocycles. The minimum Gasteiger partial charge on any atom is -0.394 e. The normalized spacial score (nSPS) is 31.6. The van der Waals surface area contributed by atoms with Crippen molar-refractivity contribution in [3.63, 3.8) is 0 Å². The van der Waals surface area contributed by atoms with Crippen LogP contribution in [0.3, 0.4) is 0 Å². The third-order valence-corrected chi connectivity index (χ3v) is 3.88. The highest BCUT2D eigenvalue weighted by molar-refractivity contribution is 7.10. The topological polar surface area (TPSA) is 112 Å². The molecule has 3 atom stereocenters. The lowest BCUT2D eigenvalue weighted by Gasteiger charge is -2.23. The van der Waals surface area contributed by atoms with Gasteiger partial charge in [-0.3, -0.25) is 4.79 Å². The van der Waals surface area contributed by atoms with Gasteiger partial charge in [0.2, 0.25) is 0 Å². The van der Waals surface area contributed by atoms with Gasteiger partial charge in [0.25, 0.3) is 5.91 Å².